The summed E-state index contributed by atoms with van der Waals surface area (Å²) in [5.41, 5.74) is 1.82. The van der Waals surface area contributed by atoms with Gasteiger partial charge in [0.05, 0.1) is 13.2 Å². The molecule has 0 amide bonds. The molecule has 5 heteroatoms. The fourth-order valence-corrected chi connectivity index (χ4v) is 2.50. The van der Waals surface area contributed by atoms with E-state index in [1.54, 1.807) is 6.07 Å². The molecule has 2 aromatic carbocycles. The number of phenolic OH excluding ortho intramolecular Hbond substituents is 1. The molecule has 24 heavy (non-hydrogen) atoms. The Hall–Kier alpha value is -2.37. The van der Waals surface area contributed by atoms with E-state index >= 15 is 0 Å². The SMILES string of the molecule is COC(=O)c1cc(C(O)CNC(C)Cc2ccccc2)ccc1O. The zero-order valence-electron chi connectivity index (χ0n) is 13.9. The summed E-state index contributed by atoms with van der Waals surface area (Å²) in [6, 6.07) is 14.7. The van der Waals surface area contributed by atoms with Gasteiger partial charge in [0, 0.05) is 12.6 Å². The number of aliphatic hydroxyl groups is 1. The number of aliphatic hydroxyl groups excluding tert-OH is 1. The van der Waals surface area contributed by atoms with E-state index in [9.17, 15) is 15.0 Å². The minimum Gasteiger partial charge on any atom is -0.507 e. The van der Waals surface area contributed by atoms with Gasteiger partial charge in [-0.05, 0) is 36.6 Å². The molecule has 0 aliphatic carbocycles. The van der Waals surface area contributed by atoms with Crippen LogP contribution < -0.4 is 5.32 Å². The van der Waals surface area contributed by atoms with Crippen molar-refractivity contribution < 1.29 is 19.7 Å². The lowest BCUT2D eigenvalue weighted by Gasteiger charge is -2.18. The molecule has 0 saturated heterocycles. The number of methoxy groups -OCH3 is 1. The van der Waals surface area contributed by atoms with Crippen LogP contribution in [0.2, 0.25) is 0 Å². The number of aromatic hydroxyl groups is 1. The third-order valence-electron chi connectivity index (χ3n) is 3.86. The highest BCUT2D eigenvalue weighted by molar-refractivity contribution is 5.92. The molecule has 5 nitrogen and oxygen atoms in total. The monoisotopic (exact) mass is 329 g/mol. The smallest absolute Gasteiger partial charge is 0.341 e. The second-order valence-corrected chi connectivity index (χ2v) is 5.78. The standard InChI is InChI=1S/C19H23NO4/c1-13(10-14-6-4-3-5-7-14)20-12-18(22)15-8-9-17(21)16(11-15)19(23)24-2/h3-9,11,13,18,20-22H,10,12H2,1-2H3. The first kappa shape index (κ1) is 18.0. The Labute approximate surface area is 141 Å². The first-order valence-corrected chi connectivity index (χ1v) is 7.88. The largest absolute Gasteiger partial charge is 0.507 e. The fourth-order valence-electron chi connectivity index (χ4n) is 2.50. The summed E-state index contributed by atoms with van der Waals surface area (Å²) in [5, 5.41) is 23.3. The van der Waals surface area contributed by atoms with Gasteiger partial charge in [-0.3, -0.25) is 0 Å². The zero-order chi connectivity index (χ0) is 17.5. The van der Waals surface area contributed by atoms with Crippen LogP contribution in [0.25, 0.3) is 0 Å². The van der Waals surface area contributed by atoms with Crippen LogP contribution >= 0.6 is 0 Å². The number of nitrogens with one attached hydrogen (secondary N) is 1. The lowest BCUT2D eigenvalue weighted by atomic mass is 10.0. The van der Waals surface area contributed by atoms with Crippen LogP contribution in [0.1, 0.15) is 34.5 Å². The van der Waals surface area contributed by atoms with Crippen molar-refractivity contribution in [1.29, 1.82) is 0 Å². The Morgan fingerprint density at radius 3 is 2.58 bits per heavy atom. The van der Waals surface area contributed by atoms with E-state index in [1.807, 2.05) is 18.2 Å². The second-order valence-electron chi connectivity index (χ2n) is 5.78. The number of hydrogen-bond acceptors (Lipinski definition) is 5. The molecule has 128 valence electrons. The number of phenols is 1. The van der Waals surface area contributed by atoms with Gasteiger partial charge in [0.2, 0.25) is 0 Å². The number of rotatable bonds is 7. The van der Waals surface area contributed by atoms with Crippen molar-refractivity contribution in [3.63, 3.8) is 0 Å². The van der Waals surface area contributed by atoms with Gasteiger partial charge >= 0.3 is 5.97 Å². The topological polar surface area (TPSA) is 78.8 Å². The molecule has 0 radical (unpaired) electrons. The fraction of sp³-hybridized carbons (Fsp3) is 0.316. The molecule has 0 heterocycles. The summed E-state index contributed by atoms with van der Waals surface area (Å²) in [6.07, 6.45) is 0.0727. The van der Waals surface area contributed by atoms with Crippen molar-refractivity contribution >= 4 is 5.97 Å². The Morgan fingerprint density at radius 1 is 1.21 bits per heavy atom. The molecule has 0 spiro atoms. The third kappa shape index (κ3) is 4.81. The Bertz CT molecular complexity index is 672. The van der Waals surface area contributed by atoms with Crippen LogP contribution in [0, 0.1) is 0 Å². The molecule has 3 N–H and O–H groups in total. The maximum absolute atomic E-state index is 11.6. The van der Waals surface area contributed by atoms with Gasteiger partial charge in [-0.1, -0.05) is 36.4 Å². The van der Waals surface area contributed by atoms with Gasteiger partial charge in [-0.2, -0.15) is 0 Å². The molecule has 0 fully saturated rings. The van der Waals surface area contributed by atoms with E-state index in [4.69, 9.17) is 0 Å². The Kier molecular flexibility index (Phi) is 6.35. The van der Waals surface area contributed by atoms with Crippen molar-refractivity contribution in [2.75, 3.05) is 13.7 Å². The second kappa shape index (κ2) is 8.47. The van der Waals surface area contributed by atoms with Crippen LogP contribution in [-0.2, 0) is 11.2 Å². The van der Waals surface area contributed by atoms with Crippen LogP contribution in [0.15, 0.2) is 48.5 Å². The summed E-state index contributed by atoms with van der Waals surface area (Å²) < 4.78 is 4.62. The number of benzene rings is 2. The Balaban J connectivity index is 1.94. The van der Waals surface area contributed by atoms with Gasteiger partial charge in [0.1, 0.15) is 11.3 Å². The van der Waals surface area contributed by atoms with E-state index in [1.165, 1.54) is 24.8 Å². The van der Waals surface area contributed by atoms with Gasteiger partial charge in [0.15, 0.2) is 0 Å². The van der Waals surface area contributed by atoms with E-state index in [0.29, 0.717) is 12.1 Å². The number of hydrogen-bond donors (Lipinski definition) is 3. The molecule has 2 rings (SSSR count). The Morgan fingerprint density at radius 2 is 1.92 bits per heavy atom. The molecule has 2 unspecified atom stereocenters. The molecule has 0 aliphatic rings. The summed E-state index contributed by atoms with van der Waals surface area (Å²) in [4.78, 5) is 11.6. The molecular weight excluding hydrogens is 306 g/mol. The number of carbonyl (C=O) groups excluding carboxylic acids is 1. The highest BCUT2D eigenvalue weighted by Gasteiger charge is 2.16. The van der Waals surface area contributed by atoms with Crippen LogP contribution in [-0.4, -0.2) is 35.9 Å². The van der Waals surface area contributed by atoms with Crippen molar-refractivity contribution in [3.05, 3.63) is 65.2 Å². The van der Waals surface area contributed by atoms with Crippen molar-refractivity contribution in [2.45, 2.75) is 25.5 Å². The number of ether oxygens (including phenoxy) is 1. The maximum atomic E-state index is 11.6. The summed E-state index contributed by atoms with van der Waals surface area (Å²) >= 11 is 0. The first-order chi connectivity index (χ1) is 11.5. The molecule has 2 atom stereocenters. The van der Waals surface area contributed by atoms with Crippen LogP contribution in [0.4, 0.5) is 0 Å². The quantitative estimate of drug-likeness (QED) is 0.680. The predicted molar refractivity (Wildman–Crippen MR) is 92.0 cm³/mol. The zero-order valence-corrected chi connectivity index (χ0v) is 13.9. The van der Waals surface area contributed by atoms with Crippen LogP contribution in [0.5, 0.6) is 5.75 Å². The average molecular weight is 329 g/mol. The van der Waals surface area contributed by atoms with E-state index < -0.39 is 12.1 Å². The summed E-state index contributed by atoms with van der Waals surface area (Å²) in [5.74, 6) is -0.796. The third-order valence-corrected chi connectivity index (χ3v) is 3.86. The normalized spacial score (nSPS) is 13.3. The highest BCUT2D eigenvalue weighted by atomic mass is 16.5. The minimum absolute atomic E-state index is 0.0476. The number of esters is 1. The minimum atomic E-state index is -0.785. The van der Waals surface area contributed by atoms with Crippen molar-refractivity contribution in [3.8, 4) is 5.75 Å². The summed E-state index contributed by atoms with van der Waals surface area (Å²) in [7, 11) is 1.25. The summed E-state index contributed by atoms with van der Waals surface area (Å²) in [6.45, 7) is 2.40. The van der Waals surface area contributed by atoms with Gasteiger partial charge < -0.3 is 20.3 Å². The lowest BCUT2D eigenvalue weighted by Crippen LogP contribution is -2.32. The van der Waals surface area contributed by atoms with Gasteiger partial charge in [0.25, 0.3) is 0 Å². The number of carbonyl (C=O) groups is 1. The molecule has 0 aromatic heterocycles. The molecular formula is C19H23NO4. The van der Waals surface area contributed by atoms with Crippen molar-refractivity contribution in [2.24, 2.45) is 0 Å². The van der Waals surface area contributed by atoms with Gasteiger partial charge in [-0.15, -0.1) is 0 Å². The van der Waals surface area contributed by atoms with E-state index in [2.05, 4.69) is 29.1 Å². The molecule has 2 aromatic rings. The van der Waals surface area contributed by atoms with Crippen LogP contribution in [0.3, 0.4) is 0 Å². The first-order valence-electron chi connectivity index (χ1n) is 7.88. The lowest BCUT2D eigenvalue weighted by molar-refractivity contribution is 0.0597. The maximum Gasteiger partial charge on any atom is 0.341 e. The van der Waals surface area contributed by atoms with Gasteiger partial charge in [-0.25, -0.2) is 4.79 Å². The van der Waals surface area contributed by atoms with E-state index in [-0.39, 0.29) is 17.4 Å². The van der Waals surface area contributed by atoms with Crippen molar-refractivity contribution in [1.82, 2.24) is 5.32 Å². The highest BCUT2D eigenvalue weighted by Crippen LogP contribution is 2.23. The van der Waals surface area contributed by atoms with E-state index in [0.717, 1.165) is 6.42 Å². The molecule has 0 bridgehead atoms. The predicted octanol–water partition coefficient (Wildman–Crippen LogP) is 2.43. The molecule has 0 saturated carbocycles. The average Bonchev–Trinajstić information content (AvgIpc) is 2.60. The molecule has 0 aliphatic heterocycles.